The van der Waals surface area contributed by atoms with Crippen LogP contribution in [0.3, 0.4) is 0 Å². The Balaban J connectivity index is 1.71. The minimum absolute atomic E-state index is 0.0162. The SMILES string of the molecule is O=C(CCC1CCCCC1)NCC(O)c1ccc([N+](=O)[O-])cc1. The summed E-state index contributed by atoms with van der Waals surface area (Å²) in [7, 11) is 0. The van der Waals surface area contributed by atoms with Gasteiger partial charge in [-0.25, -0.2) is 0 Å². The van der Waals surface area contributed by atoms with Crippen molar-refractivity contribution in [3.63, 3.8) is 0 Å². The van der Waals surface area contributed by atoms with Crippen LogP contribution in [0.15, 0.2) is 24.3 Å². The van der Waals surface area contributed by atoms with Gasteiger partial charge in [0.25, 0.3) is 5.69 Å². The van der Waals surface area contributed by atoms with Crippen LogP contribution < -0.4 is 5.32 Å². The Labute approximate surface area is 136 Å². The zero-order chi connectivity index (χ0) is 16.7. The number of carbonyl (C=O) groups is 1. The Bertz CT molecular complexity index is 524. The molecule has 0 saturated heterocycles. The van der Waals surface area contributed by atoms with Gasteiger partial charge in [-0.3, -0.25) is 14.9 Å². The molecule has 0 aliphatic heterocycles. The summed E-state index contributed by atoms with van der Waals surface area (Å²) in [5, 5.41) is 23.4. The molecule has 1 aliphatic carbocycles. The van der Waals surface area contributed by atoms with Gasteiger partial charge in [-0.05, 0) is 30.0 Å². The van der Waals surface area contributed by atoms with Crippen LogP contribution in [0.2, 0.25) is 0 Å². The molecule has 6 nitrogen and oxygen atoms in total. The van der Waals surface area contributed by atoms with E-state index in [-0.39, 0.29) is 18.1 Å². The normalized spacial score (nSPS) is 16.7. The second-order valence-electron chi connectivity index (χ2n) is 6.21. The smallest absolute Gasteiger partial charge is 0.269 e. The number of hydrogen-bond acceptors (Lipinski definition) is 4. The Morgan fingerprint density at radius 2 is 1.91 bits per heavy atom. The molecule has 6 heteroatoms. The van der Waals surface area contributed by atoms with E-state index in [0.717, 1.165) is 6.42 Å². The molecule has 1 aromatic rings. The largest absolute Gasteiger partial charge is 0.387 e. The Hall–Kier alpha value is -1.95. The molecule has 0 radical (unpaired) electrons. The van der Waals surface area contributed by atoms with Crippen molar-refractivity contribution < 1.29 is 14.8 Å². The van der Waals surface area contributed by atoms with Crippen LogP contribution in [0.1, 0.15) is 56.6 Å². The number of aliphatic hydroxyl groups excluding tert-OH is 1. The minimum atomic E-state index is -0.852. The first-order chi connectivity index (χ1) is 11.1. The molecular formula is C17H24N2O4. The standard InChI is InChI=1S/C17H24N2O4/c20-16(14-7-9-15(10-8-14)19(22)23)12-18-17(21)11-6-13-4-2-1-3-5-13/h7-10,13,16,20H,1-6,11-12H2,(H,18,21). The second kappa shape index (κ2) is 8.62. The molecule has 2 N–H and O–H groups in total. The Kier molecular flexibility index (Phi) is 6.52. The highest BCUT2D eigenvalue weighted by molar-refractivity contribution is 5.75. The van der Waals surface area contributed by atoms with Gasteiger partial charge in [-0.15, -0.1) is 0 Å². The summed E-state index contributed by atoms with van der Waals surface area (Å²) in [6.45, 7) is 0.126. The van der Waals surface area contributed by atoms with Crippen molar-refractivity contribution in [2.24, 2.45) is 5.92 Å². The molecule has 2 rings (SSSR count). The van der Waals surface area contributed by atoms with Gasteiger partial charge in [0.05, 0.1) is 11.0 Å². The first-order valence-electron chi connectivity index (χ1n) is 8.25. The average molecular weight is 320 g/mol. The van der Waals surface area contributed by atoms with E-state index in [1.165, 1.54) is 56.4 Å². The number of nitrogens with zero attached hydrogens (tertiary/aromatic N) is 1. The van der Waals surface area contributed by atoms with Crippen LogP contribution in [0, 0.1) is 16.0 Å². The number of carbonyl (C=O) groups excluding carboxylic acids is 1. The van der Waals surface area contributed by atoms with Gasteiger partial charge < -0.3 is 10.4 Å². The molecular weight excluding hydrogens is 296 g/mol. The van der Waals surface area contributed by atoms with Gasteiger partial charge in [0.1, 0.15) is 0 Å². The van der Waals surface area contributed by atoms with E-state index in [9.17, 15) is 20.0 Å². The van der Waals surface area contributed by atoms with Crippen molar-refractivity contribution in [2.45, 2.75) is 51.0 Å². The number of aliphatic hydroxyl groups is 1. The Morgan fingerprint density at radius 3 is 2.52 bits per heavy atom. The first kappa shape index (κ1) is 17.4. The number of non-ortho nitro benzene ring substituents is 1. The lowest BCUT2D eigenvalue weighted by Crippen LogP contribution is -2.28. The van der Waals surface area contributed by atoms with E-state index in [4.69, 9.17) is 0 Å². The molecule has 1 fully saturated rings. The van der Waals surface area contributed by atoms with Gasteiger partial charge in [0, 0.05) is 25.1 Å². The molecule has 1 aliphatic rings. The van der Waals surface area contributed by atoms with Crippen molar-refractivity contribution >= 4 is 11.6 Å². The number of nitrogens with one attached hydrogen (secondary N) is 1. The summed E-state index contributed by atoms with van der Waals surface area (Å²) < 4.78 is 0. The van der Waals surface area contributed by atoms with Crippen LogP contribution in [0.25, 0.3) is 0 Å². The molecule has 0 aromatic heterocycles. The summed E-state index contributed by atoms with van der Waals surface area (Å²) in [4.78, 5) is 22.0. The first-order valence-corrected chi connectivity index (χ1v) is 8.25. The van der Waals surface area contributed by atoms with E-state index < -0.39 is 11.0 Å². The van der Waals surface area contributed by atoms with Crippen LogP contribution in [0.5, 0.6) is 0 Å². The molecule has 1 atom stereocenters. The maximum Gasteiger partial charge on any atom is 0.269 e. The van der Waals surface area contributed by atoms with E-state index in [0.29, 0.717) is 17.9 Å². The number of rotatable bonds is 7. The number of amides is 1. The zero-order valence-electron chi connectivity index (χ0n) is 13.2. The quantitative estimate of drug-likeness (QED) is 0.596. The highest BCUT2D eigenvalue weighted by Crippen LogP contribution is 2.27. The number of nitro groups is 1. The van der Waals surface area contributed by atoms with Crippen LogP contribution >= 0.6 is 0 Å². The Morgan fingerprint density at radius 1 is 1.26 bits per heavy atom. The zero-order valence-corrected chi connectivity index (χ0v) is 13.2. The van der Waals surface area contributed by atoms with E-state index in [2.05, 4.69) is 5.32 Å². The van der Waals surface area contributed by atoms with Gasteiger partial charge in [-0.1, -0.05) is 32.1 Å². The summed E-state index contributed by atoms with van der Waals surface area (Å²) in [6, 6.07) is 5.72. The molecule has 126 valence electrons. The molecule has 0 spiro atoms. The number of benzene rings is 1. The predicted octanol–water partition coefficient (Wildman–Crippen LogP) is 3.10. The van der Waals surface area contributed by atoms with Crippen molar-refractivity contribution in [2.75, 3.05) is 6.54 Å². The van der Waals surface area contributed by atoms with Crippen LogP contribution in [-0.4, -0.2) is 22.5 Å². The van der Waals surface area contributed by atoms with Crippen LogP contribution in [0.4, 0.5) is 5.69 Å². The predicted molar refractivity (Wildman–Crippen MR) is 86.9 cm³/mol. The third-order valence-corrected chi connectivity index (χ3v) is 4.49. The van der Waals surface area contributed by atoms with Crippen LogP contribution in [-0.2, 0) is 4.79 Å². The highest BCUT2D eigenvalue weighted by Gasteiger charge is 2.16. The minimum Gasteiger partial charge on any atom is -0.387 e. The third-order valence-electron chi connectivity index (χ3n) is 4.49. The molecule has 0 bridgehead atoms. The molecule has 1 unspecified atom stereocenters. The third kappa shape index (κ3) is 5.63. The lowest BCUT2D eigenvalue weighted by atomic mass is 9.86. The summed E-state index contributed by atoms with van der Waals surface area (Å²) in [5.41, 5.74) is 0.542. The van der Waals surface area contributed by atoms with E-state index >= 15 is 0 Å². The fourth-order valence-electron chi connectivity index (χ4n) is 3.05. The molecule has 23 heavy (non-hydrogen) atoms. The molecule has 1 aromatic carbocycles. The lowest BCUT2D eigenvalue weighted by molar-refractivity contribution is -0.384. The second-order valence-corrected chi connectivity index (χ2v) is 6.21. The van der Waals surface area contributed by atoms with Crippen molar-refractivity contribution in [3.8, 4) is 0 Å². The fourth-order valence-corrected chi connectivity index (χ4v) is 3.05. The summed E-state index contributed by atoms with van der Waals surface area (Å²) in [6.07, 6.45) is 6.85. The molecule has 1 saturated carbocycles. The van der Waals surface area contributed by atoms with Gasteiger partial charge in [0.15, 0.2) is 0 Å². The highest BCUT2D eigenvalue weighted by atomic mass is 16.6. The number of nitro benzene ring substituents is 1. The topological polar surface area (TPSA) is 92.5 Å². The fraction of sp³-hybridized carbons (Fsp3) is 0.588. The maximum absolute atomic E-state index is 11.9. The monoisotopic (exact) mass is 320 g/mol. The van der Waals surface area contributed by atoms with E-state index in [1.54, 1.807) is 0 Å². The average Bonchev–Trinajstić information content (AvgIpc) is 2.58. The van der Waals surface area contributed by atoms with Crippen molar-refractivity contribution in [3.05, 3.63) is 39.9 Å². The van der Waals surface area contributed by atoms with Gasteiger partial charge in [-0.2, -0.15) is 0 Å². The number of hydrogen-bond donors (Lipinski definition) is 2. The molecule has 1 amide bonds. The van der Waals surface area contributed by atoms with Gasteiger partial charge in [0.2, 0.25) is 5.91 Å². The maximum atomic E-state index is 11.9. The van der Waals surface area contributed by atoms with Gasteiger partial charge >= 0.3 is 0 Å². The summed E-state index contributed by atoms with van der Waals surface area (Å²) >= 11 is 0. The molecule has 0 heterocycles. The summed E-state index contributed by atoms with van der Waals surface area (Å²) in [5.74, 6) is 0.616. The van der Waals surface area contributed by atoms with E-state index in [1.807, 2.05) is 0 Å². The van der Waals surface area contributed by atoms with Crippen molar-refractivity contribution in [1.82, 2.24) is 5.32 Å². The lowest BCUT2D eigenvalue weighted by Gasteiger charge is -2.21. The van der Waals surface area contributed by atoms with Crippen molar-refractivity contribution in [1.29, 1.82) is 0 Å².